The smallest absolute Gasteiger partial charge is 0.311 e. The summed E-state index contributed by atoms with van der Waals surface area (Å²) in [6.07, 6.45) is 4.62. The standard InChI is InChI=1S/C25H40O8/c1-16-8-9-20-24(2,15-26)10-7-11-25(20,3)19(16)14-33-13-18(23(29)32-6)17(22(28)31-5)12-21(27)30-4/h17-20,26H,1,7-15H2,2-6H3. The number of aliphatic hydroxyl groups is 1. The summed E-state index contributed by atoms with van der Waals surface area (Å²) in [7, 11) is 3.65. The predicted molar refractivity (Wildman–Crippen MR) is 121 cm³/mol. The second-order valence-electron chi connectivity index (χ2n) is 10.1. The Kier molecular flexibility index (Phi) is 9.49. The molecule has 0 aromatic carbocycles. The van der Waals surface area contributed by atoms with Gasteiger partial charge in [-0.25, -0.2) is 0 Å². The summed E-state index contributed by atoms with van der Waals surface area (Å²) >= 11 is 0. The summed E-state index contributed by atoms with van der Waals surface area (Å²) in [5.41, 5.74) is 0.918. The summed E-state index contributed by atoms with van der Waals surface area (Å²) in [5, 5.41) is 10.1. The summed E-state index contributed by atoms with van der Waals surface area (Å²) < 4.78 is 20.4. The SMILES string of the molecule is C=C1CCC2C(C)(CO)CCCC2(C)C1COCC(C(=O)OC)C(CC(=O)OC)C(=O)OC. The zero-order valence-corrected chi connectivity index (χ0v) is 20.7. The monoisotopic (exact) mass is 468 g/mol. The molecule has 0 amide bonds. The lowest BCUT2D eigenvalue weighted by Crippen LogP contribution is -2.52. The molecule has 0 bridgehead atoms. The fourth-order valence-corrected chi connectivity index (χ4v) is 6.20. The molecule has 2 aliphatic carbocycles. The topological polar surface area (TPSA) is 108 Å². The maximum atomic E-state index is 12.5. The molecule has 2 rings (SSSR count). The highest BCUT2D eigenvalue weighted by molar-refractivity contribution is 5.85. The van der Waals surface area contributed by atoms with Crippen LogP contribution in [0.3, 0.4) is 0 Å². The molecule has 6 atom stereocenters. The van der Waals surface area contributed by atoms with Gasteiger partial charge in [0, 0.05) is 12.5 Å². The summed E-state index contributed by atoms with van der Waals surface area (Å²) in [6.45, 7) is 9.15. The van der Waals surface area contributed by atoms with Crippen LogP contribution >= 0.6 is 0 Å². The fourth-order valence-electron chi connectivity index (χ4n) is 6.20. The Labute approximate surface area is 197 Å². The van der Waals surface area contributed by atoms with Crippen molar-refractivity contribution >= 4 is 17.9 Å². The normalized spacial score (nSPS) is 31.2. The Hall–Kier alpha value is -1.93. The van der Waals surface area contributed by atoms with Gasteiger partial charge in [-0.3, -0.25) is 14.4 Å². The minimum Gasteiger partial charge on any atom is -0.469 e. The van der Waals surface area contributed by atoms with Gasteiger partial charge in [-0.15, -0.1) is 0 Å². The van der Waals surface area contributed by atoms with Crippen molar-refractivity contribution < 1.29 is 38.4 Å². The van der Waals surface area contributed by atoms with E-state index < -0.39 is 29.7 Å². The summed E-state index contributed by atoms with van der Waals surface area (Å²) in [5.74, 6) is -3.62. The second kappa shape index (κ2) is 11.5. The number of fused-ring (bicyclic) bond motifs is 1. The largest absolute Gasteiger partial charge is 0.469 e. The van der Waals surface area contributed by atoms with E-state index >= 15 is 0 Å². The number of hydrogen-bond donors (Lipinski definition) is 1. The van der Waals surface area contributed by atoms with Crippen LogP contribution in [-0.2, 0) is 33.3 Å². The molecular formula is C25H40O8. The van der Waals surface area contributed by atoms with Crippen LogP contribution in [0.25, 0.3) is 0 Å². The summed E-state index contributed by atoms with van der Waals surface area (Å²) in [4.78, 5) is 36.7. The Morgan fingerprint density at radius 1 is 1.06 bits per heavy atom. The first-order valence-electron chi connectivity index (χ1n) is 11.7. The first-order chi connectivity index (χ1) is 15.6. The lowest BCUT2D eigenvalue weighted by Gasteiger charge is -2.58. The van der Waals surface area contributed by atoms with Crippen molar-refractivity contribution in [2.45, 2.75) is 52.4 Å². The highest BCUT2D eigenvalue weighted by Crippen LogP contribution is 2.60. The van der Waals surface area contributed by atoms with Crippen molar-refractivity contribution in [1.29, 1.82) is 0 Å². The van der Waals surface area contributed by atoms with Crippen LogP contribution in [0, 0.1) is 34.5 Å². The molecule has 0 heterocycles. The molecule has 2 aliphatic rings. The Bertz CT molecular complexity index is 734. The van der Waals surface area contributed by atoms with Crippen molar-refractivity contribution in [1.82, 2.24) is 0 Å². The average Bonchev–Trinajstić information content (AvgIpc) is 2.80. The Morgan fingerprint density at radius 3 is 2.27 bits per heavy atom. The molecule has 1 N–H and O–H groups in total. The molecule has 33 heavy (non-hydrogen) atoms. The Balaban J connectivity index is 2.18. The third-order valence-corrected chi connectivity index (χ3v) is 8.19. The molecule has 0 aromatic rings. The van der Waals surface area contributed by atoms with Gasteiger partial charge in [0.05, 0.1) is 52.8 Å². The molecule has 2 fully saturated rings. The number of esters is 3. The molecule has 0 aromatic heterocycles. The molecular weight excluding hydrogens is 428 g/mol. The van der Waals surface area contributed by atoms with Crippen molar-refractivity contribution in [3.63, 3.8) is 0 Å². The van der Waals surface area contributed by atoms with Crippen LogP contribution in [0.4, 0.5) is 0 Å². The number of rotatable bonds is 10. The van der Waals surface area contributed by atoms with Crippen molar-refractivity contribution in [3.05, 3.63) is 12.2 Å². The van der Waals surface area contributed by atoms with Crippen molar-refractivity contribution in [3.8, 4) is 0 Å². The van der Waals surface area contributed by atoms with E-state index in [0.29, 0.717) is 12.5 Å². The van der Waals surface area contributed by atoms with Crippen LogP contribution in [0.5, 0.6) is 0 Å². The lowest BCUT2D eigenvalue weighted by molar-refractivity contribution is -0.164. The molecule has 6 unspecified atom stereocenters. The molecule has 2 saturated carbocycles. The predicted octanol–water partition coefficient (Wildman–Crippen LogP) is 2.92. The van der Waals surface area contributed by atoms with E-state index in [0.717, 1.165) is 37.7 Å². The van der Waals surface area contributed by atoms with Gasteiger partial charge in [-0.2, -0.15) is 0 Å². The van der Waals surface area contributed by atoms with Crippen molar-refractivity contribution in [2.75, 3.05) is 41.2 Å². The number of carbonyl (C=O) groups excluding carboxylic acids is 3. The van der Waals surface area contributed by atoms with Crippen LogP contribution in [0.1, 0.15) is 52.4 Å². The van der Waals surface area contributed by atoms with Gasteiger partial charge in [0.15, 0.2) is 0 Å². The second-order valence-corrected chi connectivity index (χ2v) is 10.1. The molecule has 188 valence electrons. The Morgan fingerprint density at radius 2 is 1.70 bits per heavy atom. The van der Waals surface area contributed by atoms with E-state index in [1.165, 1.54) is 21.3 Å². The number of carbonyl (C=O) groups is 3. The van der Waals surface area contributed by atoms with E-state index in [1.807, 2.05) is 0 Å². The van der Waals surface area contributed by atoms with Gasteiger partial charge in [-0.1, -0.05) is 32.4 Å². The van der Waals surface area contributed by atoms with Gasteiger partial charge < -0.3 is 24.1 Å². The maximum absolute atomic E-state index is 12.5. The van der Waals surface area contributed by atoms with E-state index in [1.54, 1.807) is 0 Å². The quantitative estimate of drug-likeness (QED) is 0.296. The van der Waals surface area contributed by atoms with Gasteiger partial charge >= 0.3 is 17.9 Å². The molecule has 0 aliphatic heterocycles. The highest BCUT2D eigenvalue weighted by Gasteiger charge is 2.54. The number of ether oxygens (including phenoxy) is 4. The van der Waals surface area contributed by atoms with Gasteiger partial charge in [0.25, 0.3) is 0 Å². The van der Waals surface area contributed by atoms with Gasteiger partial charge in [0.2, 0.25) is 0 Å². The van der Waals surface area contributed by atoms with Crippen LogP contribution < -0.4 is 0 Å². The highest BCUT2D eigenvalue weighted by atomic mass is 16.5. The fraction of sp³-hybridized carbons (Fsp3) is 0.800. The lowest BCUT2D eigenvalue weighted by atomic mass is 9.47. The average molecular weight is 469 g/mol. The van der Waals surface area contributed by atoms with E-state index in [2.05, 4.69) is 25.2 Å². The minimum absolute atomic E-state index is 0.0675. The first kappa shape index (κ1) is 27.3. The molecule has 0 saturated heterocycles. The van der Waals surface area contributed by atoms with Crippen LogP contribution in [0.2, 0.25) is 0 Å². The third-order valence-electron chi connectivity index (χ3n) is 8.19. The maximum Gasteiger partial charge on any atom is 0.311 e. The minimum atomic E-state index is -1.07. The third kappa shape index (κ3) is 5.77. The molecule has 0 spiro atoms. The molecule has 8 heteroatoms. The first-order valence-corrected chi connectivity index (χ1v) is 11.7. The van der Waals surface area contributed by atoms with Gasteiger partial charge in [-0.05, 0) is 42.4 Å². The number of methoxy groups -OCH3 is 3. The number of aliphatic hydroxyl groups excluding tert-OH is 1. The zero-order valence-electron chi connectivity index (χ0n) is 20.7. The van der Waals surface area contributed by atoms with Crippen molar-refractivity contribution in [2.24, 2.45) is 34.5 Å². The number of hydrogen-bond acceptors (Lipinski definition) is 8. The van der Waals surface area contributed by atoms with E-state index in [-0.39, 0.29) is 36.4 Å². The molecule has 0 radical (unpaired) electrons. The van der Waals surface area contributed by atoms with Crippen LogP contribution in [0.15, 0.2) is 12.2 Å². The van der Waals surface area contributed by atoms with E-state index in [9.17, 15) is 19.5 Å². The zero-order chi connectivity index (χ0) is 24.8. The molecule has 8 nitrogen and oxygen atoms in total. The summed E-state index contributed by atoms with van der Waals surface area (Å²) in [6, 6.07) is 0. The van der Waals surface area contributed by atoms with E-state index in [4.69, 9.17) is 14.2 Å². The van der Waals surface area contributed by atoms with Crippen LogP contribution in [-0.4, -0.2) is 64.2 Å². The van der Waals surface area contributed by atoms with Gasteiger partial charge in [0.1, 0.15) is 0 Å².